The number of hydrogen-bond acceptors (Lipinski definition) is 5. The van der Waals surface area contributed by atoms with Crippen molar-refractivity contribution >= 4 is 5.97 Å². The summed E-state index contributed by atoms with van der Waals surface area (Å²) < 4.78 is 5.45. The number of hydrogen-bond donors (Lipinski definition) is 3. The van der Waals surface area contributed by atoms with Gasteiger partial charge in [-0.2, -0.15) is 0 Å². The van der Waals surface area contributed by atoms with Crippen molar-refractivity contribution in [3.05, 3.63) is 11.6 Å². The highest BCUT2D eigenvalue weighted by molar-refractivity contribution is 5.82. The summed E-state index contributed by atoms with van der Waals surface area (Å²) in [5, 5.41) is 30.7. The highest BCUT2D eigenvalue weighted by Gasteiger charge is 2.64. The van der Waals surface area contributed by atoms with Crippen LogP contribution in [0.25, 0.3) is 0 Å². The minimum atomic E-state index is -1.45. The second-order valence-corrected chi connectivity index (χ2v) is 6.99. The molecule has 1 aliphatic heterocycles. The first kappa shape index (κ1) is 14.0. The highest BCUT2D eigenvalue weighted by atomic mass is 16.6. The van der Waals surface area contributed by atoms with E-state index in [2.05, 4.69) is 0 Å². The molecule has 2 aliphatic carbocycles. The molecule has 0 aromatic carbocycles. The molecule has 0 spiro atoms. The number of fused-ring (bicyclic) bond motifs is 3. The molecule has 3 rings (SSSR count). The average molecular weight is 282 g/mol. The Kier molecular flexibility index (Phi) is 2.85. The van der Waals surface area contributed by atoms with Gasteiger partial charge in [0.25, 0.3) is 0 Å². The molecule has 20 heavy (non-hydrogen) atoms. The van der Waals surface area contributed by atoms with Crippen LogP contribution in [0, 0.1) is 17.3 Å². The van der Waals surface area contributed by atoms with Crippen LogP contribution in [-0.4, -0.2) is 45.2 Å². The van der Waals surface area contributed by atoms with E-state index < -0.39 is 35.3 Å². The van der Waals surface area contributed by atoms with Gasteiger partial charge in [0.2, 0.25) is 0 Å². The van der Waals surface area contributed by atoms with E-state index in [1.54, 1.807) is 6.08 Å². The normalized spacial score (nSPS) is 54.8. The average Bonchev–Trinajstić information content (AvgIpc) is 2.57. The molecule has 0 aromatic heterocycles. The van der Waals surface area contributed by atoms with Gasteiger partial charge in [0.15, 0.2) is 5.60 Å². The molecular weight excluding hydrogens is 260 g/mol. The van der Waals surface area contributed by atoms with Gasteiger partial charge < -0.3 is 20.1 Å². The van der Waals surface area contributed by atoms with E-state index in [4.69, 9.17) is 4.74 Å². The van der Waals surface area contributed by atoms with Crippen molar-refractivity contribution in [2.45, 2.75) is 57.5 Å². The zero-order valence-corrected chi connectivity index (χ0v) is 12.0. The Bertz CT molecular complexity index is 483. The molecule has 1 saturated heterocycles. The number of esters is 1. The SMILES string of the molecule is CC1=C[C@@H](O)[C@@H](O)[C@]2(C)CC[C@@H]3[C@H](OC(=O)[C@]3(C)O)[C@H]12. The van der Waals surface area contributed by atoms with Crippen LogP contribution in [0.3, 0.4) is 0 Å². The van der Waals surface area contributed by atoms with Crippen LogP contribution in [0.1, 0.15) is 33.6 Å². The van der Waals surface area contributed by atoms with Crippen molar-refractivity contribution in [1.82, 2.24) is 0 Å². The monoisotopic (exact) mass is 282 g/mol. The molecule has 1 heterocycles. The molecule has 3 N–H and O–H groups in total. The van der Waals surface area contributed by atoms with Gasteiger partial charge in [-0.1, -0.05) is 18.6 Å². The third-order valence-corrected chi connectivity index (χ3v) is 5.73. The smallest absolute Gasteiger partial charge is 0.338 e. The van der Waals surface area contributed by atoms with E-state index in [0.29, 0.717) is 12.8 Å². The van der Waals surface area contributed by atoms with Crippen LogP contribution in [0.2, 0.25) is 0 Å². The van der Waals surface area contributed by atoms with E-state index in [0.717, 1.165) is 5.57 Å². The lowest BCUT2D eigenvalue weighted by Crippen LogP contribution is -2.57. The second-order valence-electron chi connectivity index (χ2n) is 6.99. The van der Waals surface area contributed by atoms with Crippen molar-refractivity contribution < 1.29 is 24.9 Å². The Balaban J connectivity index is 2.05. The molecule has 0 bridgehead atoms. The van der Waals surface area contributed by atoms with E-state index >= 15 is 0 Å². The van der Waals surface area contributed by atoms with E-state index in [1.165, 1.54) is 6.92 Å². The summed E-state index contributed by atoms with van der Waals surface area (Å²) in [6, 6.07) is 0. The van der Waals surface area contributed by atoms with Crippen LogP contribution in [0.15, 0.2) is 11.6 Å². The second kappa shape index (κ2) is 4.06. The third-order valence-electron chi connectivity index (χ3n) is 5.73. The molecule has 0 unspecified atom stereocenters. The quantitative estimate of drug-likeness (QED) is 0.441. The number of carbonyl (C=O) groups excluding carboxylic acids is 1. The summed E-state index contributed by atoms with van der Waals surface area (Å²) in [4.78, 5) is 11.9. The first-order valence-electron chi connectivity index (χ1n) is 7.17. The van der Waals surface area contributed by atoms with Gasteiger partial charge in [0, 0.05) is 17.3 Å². The predicted molar refractivity (Wildman–Crippen MR) is 70.6 cm³/mol. The van der Waals surface area contributed by atoms with Gasteiger partial charge >= 0.3 is 5.97 Å². The lowest BCUT2D eigenvalue weighted by atomic mass is 9.54. The molecule has 5 nitrogen and oxygen atoms in total. The largest absolute Gasteiger partial charge is 0.459 e. The standard InChI is InChI=1S/C15H22O5/c1-7-6-9(16)12(17)14(2)5-4-8-11(10(7)14)20-13(18)15(8,3)19/h6,8-12,16-17,19H,4-5H2,1-3H3/t8-,9-,10+,11+,12-,14-,15-/m1/s1. The maximum Gasteiger partial charge on any atom is 0.338 e. The van der Waals surface area contributed by atoms with Crippen LogP contribution in [0.4, 0.5) is 0 Å². The summed E-state index contributed by atoms with van der Waals surface area (Å²) in [5.41, 5.74) is -1.06. The van der Waals surface area contributed by atoms with Crippen LogP contribution < -0.4 is 0 Å². The molecule has 1 saturated carbocycles. The van der Waals surface area contributed by atoms with Crippen LogP contribution in [0.5, 0.6) is 0 Å². The fraction of sp³-hybridized carbons (Fsp3) is 0.800. The Hall–Kier alpha value is -0.910. The van der Waals surface area contributed by atoms with E-state index in [1.807, 2.05) is 13.8 Å². The Labute approximate surface area is 118 Å². The summed E-state index contributed by atoms with van der Waals surface area (Å²) >= 11 is 0. The molecule has 0 amide bonds. The van der Waals surface area contributed by atoms with Crippen molar-refractivity contribution in [2.75, 3.05) is 0 Å². The van der Waals surface area contributed by atoms with E-state index in [9.17, 15) is 20.1 Å². The Morgan fingerprint density at radius 3 is 2.65 bits per heavy atom. The summed E-state index contributed by atoms with van der Waals surface area (Å²) in [7, 11) is 0. The molecular formula is C15H22O5. The predicted octanol–water partition coefficient (Wildman–Crippen LogP) is 0.377. The lowest BCUT2D eigenvalue weighted by molar-refractivity contribution is -0.158. The van der Waals surface area contributed by atoms with Crippen LogP contribution >= 0.6 is 0 Å². The fourth-order valence-electron chi connectivity index (χ4n) is 4.50. The van der Waals surface area contributed by atoms with Gasteiger partial charge in [0.1, 0.15) is 6.10 Å². The maximum atomic E-state index is 11.9. The molecule has 0 radical (unpaired) electrons. The maximum absolute atomic E-state index is 11.9. The molecule has 7 atom stereocenters. The number of aliphatic hydroxyl groups excluding tert-OH is 2. The summed E-state index contributed by atoms with van der Waals surface area (Å²) in [6.07, 6.45) is 0.712. The Morgan fingerprint density at radius 2 is 2.00 bits per heavy atom. The van der Waals surface area contributed by atoms with Crippen molar-refractivity contribution in [3.8, 4) is 0 Å². The molecule has 5 heteroatoms. The Morgan fingerprint density at radius 1 is 1.35 bits per heavy atom. The summed E-state index contributed by atoms with van der Waals surface area (Å²) in [6.45, 7) is 5.33. The van der Waals surface area contributed by atoms with Crippen molar-refractivity contribution in [2.24, 2.45) is 17.3 Å². The zero-order chi connectivity index (χ0) is 14.9. The molecule has 0 aromatic rings. The van der Waals surface area contributed by atoms with Crippen LogP contribution in [-0.2, 0) is 9.53 Å². The topological polar surface area (TPSA) is 87.0 Å². The van der Waals surface area contributed by atoms with Crippen molar-refractivity contribution in [1.29, 1.82) is 0 Å². The molecule has 2 fully saturated rings. The number of carbonyl (C=O) groups is 1. The van der Waals surface area contributed by atoms with Gasteiger partial charge in [-0.25, -0.2) is 4.79 Å². The minimum absolute atomic E-state index is 0.155. The number of rotatable bonds is 0. The number of aliphatic hydroxyl groups is 3. The number of ether oxygens (including phenoxy) is 1. The molecule has 112 valence electrons. The van der Waals surface area contributed by atoms with E-state index in [-0.39, 0.29) is 11.8 Å². The first-order valence-corrected chi connectivity index (χ1v) is 7.17. The van der Waals surface area contributed by atoms with Gasteiger partial charge in [-0.05, 0) is 26.7 Å². The van der Waals surface area contributed by atoms with Crippen molar-refractivity contribution in [3.63, 3.8) is 0 Å². The third kappa shape index (κ3) is 1.57. The lowest BCUT2D eigenvalue weighted by Gasteiger charge is -2.53. The first-order chi connectivity index (χ1) is 9.19. The van der Waals surface area contributed by atoms with Gasteiger partial charge in [-0.3, -0.25) is 0 Å². The van der Waals surface area contributed by atoms with Gasteiger partial charge in [-0.15, -0.1) is 0 Å². The fourth-order valence-corrected chi connectivity index (χ4v) is 4.50. The molecule has 3 aliphatic rings. The van der Waals surface area contributed by atoms with Gasteiger partial charge in [0.05, 0.1) is 12.2 Å². The minimum Gasteiger partial charge on any atom is -0.459 e. The zero-order valence-electron chi connectivity index (χ0n) is 12.0. The summed E-state index contributed by atoms with van der Waals surface area (Å²) in [5.74, 6) is -0.985. The highest BCUT2D eigenvalue weighted by Crippen LogP contribution is 2.57.